The quantitative estimate of drug-likeness (QED) is 0.547. The Morgan fingerprint density at radius 3 is 2.20 bits per heavy atom. The number of ether oxygens (including phenoxy) is 4. The molecule has 0 spiro atoms. The predicted molar refractivity (Wildman–Crippen MR) is 99.5 cm³/mol. The molecule has 0 aliphatic rings. The third-order valence-corrected chi connectivity index (χ3v) is 3.49. The molecule has 2 unspecified atom stereocenters. The first-order valence-corrected chi connectivity index (χ1v) is 8.52. The Bertz CT molecular complexity index is 610. The minimum Gasteiger partial charge on any atom is -0.491 e. The molecule has 0 radical (unpaired) electrons. The molecule has 2 aromatic rings. The Balaban J connectivity index is 1.87. The van der Waals surface area contributed by atoms with Gasteiger partial charge < -0.3 is 18.9 Å². The average Bonchev–Trinajstić information content (AvgIpc) is 2.65. The molecule has 134 valence electrons. The van der Waals surface area contributed by atoms with E-state index in [1.807, 2.05) is 68.4 Å². The monoisotopic (exact) mass is 342 g/mol. The molecule has 0 amide bonds. The Hall–Kier alpha value is -2.30. The van der Waals surface area contributed by atoms with E-state index in [9.17, 15) is 0 Å². The van der Waals surface area contributed by atoms with Crippen LogP contribution in [0.4, 0.5) is 0 Å². The minimum absolute atomic E-state index is 0.0456. The Kier molecular flexibility index (Phi) is 8.02. The van der Waals surface area contributed by atoms with Gasteiger partial charge in [0, 0.05) is 6.61 Å². The minimum atomic E-state index is -0.145. The topological polar surface area (TPSA) is 36.9 Å². The van der Waals surface area contributed by atoms with E-state index < -0.39 is 0 Å². The fraction of sp³-hybridized carbons (Fsp3) is 0.333. The number of rotatable bonds is 11. The first kappa shape index (κ1) is 19.0. The molecule has 0 aromatic heterocycles. The SMILES string of the molecule is C=CC(C)OC(COCC)COc1ccc(Oc2ccccc2)cc1. The molecule has 0 saturated heterocycles. The fourth-order valence-corrected chi connectivity index (χ4v) is 2.15. The van der Waals surface area contributed by atoms with Gasteiger partial charge in [0.2, 0.25) is 0 Å². The zero-order valence-electron chi connectivity index (χ0n) is 14.9. The van der Waals surface area contributed by atoms with Crippen molar-refractivity contribution in [2.45, 2.75) is 26.1 Å². The lowest BCUT2D eigenvalue weighted by Gasteiger charge is -2.21. The van der Waals surface area contributed by atoms with Gasteiger partial charge in [0.25, 0.3) is 0 Å². The van der Waals surface area contributed by atoms with Crippen molar-refractivity contribution in [3.05, 3.63) is 67.3 Å². The number of hydrogen-bond acceptors (Lipinski definition) is 4. The van der Waals surface area contributed by atoms with Gasteiger partial charge in [-0.15, -0.1) is 6.58 Å². The second kappa shape index (κ2) is 10.5. The molecule has 0 heterocycles. The first-order chi connectivity index (χ1) is 12.2. The van der Waals surface area contributed by atoms with Gasteiger partial charge in [-0.05, 0) is 50.2 Å². The molecule has 0 saturated carbocycles. The largest absolute Gasteiger partial charge is 0.491 e. The van der Waals surface area contributed by atoms with Gasteiger partial charge in [0.05, 0.1) is 12.7 Å². The van der Waals surface area contributed by atoms with Crippen LogP contribution in [0.25, 0.3) is 0 Å². The summed E-state index contributed by atoms with van der Waals surface area (Å²) in [6.07, 6.45) is 1.57. The van der Waals surface area contributed by atoms with E-state index in [4.69, 9.17) is 18.9 Å². The second-order valence-corrected chi connectivity index (χ2v) is 5.56. The fourth-order valence-electron chi connectivity index (χ4n) is 2.15. The summed E-state index contributed by atoms with van der Waals surface area (Å²) in [6.45, 7) is 9.19. The van der Waals surface area contributed by atoms with Crippen LogP contribution in [0.15, 0.2) is 67.3 Å². The molecular formula is C21H26O4. The Morgan fingerprint density at radius 1 is 0.920 bits per heavy atom. The van der Waals surface area contributed by atoms with Gasteiger partial charge in [0.1, 0.15) is 30.0 Å². The Labute approximate surface area is 150 Å². The number of hydrogen-bond donors (Lipinski definition) is 0. The van der Waals surface area contributed by atoms with Crippen LogP contribution in [-0.2, 0) is 9.47 Å². The van der Waals surface area contributed by atoms with Gasteiger partial charge in [-0.3, -0.25) is 0 Å². The maximum Gasteiger partial charge on any atom is 0.127 e. The molecule has 25 heavy (non-hydrogen) atoms. The molecule has 2 rings (SSSR count). The maximum atomic E-state index is 5.83. The highest BCUT2D eigenvalue weighted by Crippen LogP contribution is 2.23. The first-order valence-electron chi connectivity index (χ1n) is 8.52. The summed E-state index contributed by atoms with van der Waals surface area (Å²) >= 11 is 0. The summed E-state index contributed by atoms with van der Waals surface area (Å²) in [7, 11) is 0. The molecule has 0 N–H and O–H groups in total. The van der Waals surface area contributed by atoms with E-state index in [2.05, 4.69) is 6.58 Å². The van der Waals surface area contributed by atoms with Crippen LogP contribution in [0.3, 0.4) is 0 Å². The van der Waals surface area contributed by atoms with Crippen LogP contribution in [0.2, 0.25) is 0 Å². The third-order valence-electron chi connectivity index (χ3n) is 3.49. The van der Waals surface area contributed by atoms with Crippen molar-refractivity contribution in [2.75, 3.05) is 19.8 Å². The highest BCUT2D eigenvalue weighted by molar-refractivity contribution is 5.35. The lowest BCUT2D eigenvalue weighted by molar-refractivity contribution is -0.0521. The Morgan fingerprint density at radius 2 is 1.56 bits per heavy atom. The van der Waals surface area contributed by atoms with E-state index in [0.29, 0.717) is 19.8 Å². The summed E-state index contributed by atoms with van der Waals surface area (Å²) in [6, 6.07) is 17.2. The van der Waals surface area contributed by atoms with Crippen molar-refractivity contribution in [2.24, 2.45) is 0 Å². The summed E-state index contributed by atoms with van der Waals surface area (Å²) < 4.78 is 22.9. The highest BCUT2D eigenvalue weighted by atomic mass is 16.6. The number of para-hydroxylation sites is 1. The lowest BCUT2D eigenvalue weighted by Crippen LogP contribution is -2.30. The molecule has 0 bridgehead atoms. The summed E-state index contributed by atoms with van der Waals surface area (Å²) in [5.41, 5.74) is 0. The van der Waals surface area contributed by atoms with E-state index in [0.717, 1.165) is 17.2 Å². The lowest BCUT2D eigenvalue weighted by atomic mass is 10.3. The van der Waals surface area contributed by atoms with Gasteiger partial charge >= 0.3 is 0 Å². The zero-order chi connectivity index (χ0) is 17.9. The second-order valence-electron chi connectivity index (χ2n) is 5.56. The molecular weight excluding hydrogens is 316 g/mol. The van der Waals surface area contributed by atoms with Crippen LogP contribution in [0, 0.1) is 0 Å². The predicted octanol–water partition coefficient (Wildman–Crippen LogP) is 4.85. The molecule has 4 nitrogen and oxygen atoms in total. The van der Waals surface area contributed by atoms with Crippen molar-refractivity contribution >= 4 is 0 Å². The normalized spacial score (nSPS) is 13.0. The number of benzene rings is 2. The van der Waals surface area contributed by atoms with E-state index in [1.165, 1.54) is 0 Å². The van der Waals surface area contributed by atoms with Crippen molar-refractivity contribution in [3.63, 3.8) is 0 Å². The maximum absolute atomic E-state index is 5.83. The highest BCUT2D eigenvalue weighted by Gasteiger charge is 2.13. The average molecular weight is 342 g/mol. The van der Waals surface area contributed by atoms with Crippen LogP contribution < -0.4 is 9.47 Å². The van der Waals surface area contributed by atoms with E-state index >= 15 is 0 Å². The molecule has 0 aliphatic heterocycles. The van der Waals surface area contributed by atoms with Crippen molar-refractivity contribution in [1.82, 2.24) is 0 Å². The van der Waals surface area contributed by atoms with Crippen molar-refractivity contribution < 1.29 is 18.9 Å². The van der Waals surface area contributed by atoms with Crippen LogP contribution >= 0.6 is 0 Å². The van der Waals surface area contributed by atoms with E-state index in [-0.39, 0.29) is 12.2 Å². The van der Waals surface area contributed by atoms with E-state index in [1.54, 1.807) is 6.08 Å². The molecule has 2 aromatic carbocycles. The molecule has 0 fully saturated rings. The third kappa shape index (κ3) is 6.99. The molecule has 4 heteroatoms. The summed E-state index contributed by atoms with van der Waals surface area (Å²) in [5.74, 6) is 2.33. The van der Waals surface area contributed by atoms with Crippen LogP contribution in [0.1, 0.15) is 13.8 Å². The summed E-state index contributed by atoms with van der Waals surface area (Å²) in [5, 5.41) is 0. The van der Waals surface area contributed by atoms with Gasteiger partial charge in [-0.1, -0.05) is 24.3 Å². The summed E-state index contributed by atoms with van der Waals surface area (Å²) in [4.78, 5) is 0. The van der Waals surface area contributed by atoms with Gasteiger partial charge in [-0.2, -0.15) is 0 Å². The smallest absolute Gasteiger partial charge is 0.127 e. The van der Waals surface area contributed by atoms with Crippen LogP contribution in [0.5, 0.6) is 17.2 Å². The van der Waals surface area contributed by atoms with Crippen molar-refractivity contribution in [3.8, 4) is 17.2 Å². The van der Waals surface area contributed by atoms with Crippen LogP contribution in [-0.4, -0.2) is 32.0 Å². The van der Waals surface area contributed by atoms with Gasteiger partial charge in [-0.25, -0.2) is 0 Å². The van der Waals surface area contributed by atoms with Crippen molar-refractivity contribution in [1.29, 1.82) is 0 Å². The molecule has 0 aliphatic carbocycles. The standard InChI is InChI=1S/C21H26O4/c1-4-17(3)24-21(15-22-5-2)16-23-18-11-13-20(14-12-18)25-19-9-7-6-8-10-19/h4,6-14,17,21H,1,5,15-16H2,2-3H3. The molecule has 2 atom stereocenters. The van der Waals surface area contributed by atoms with Gasteiger partial charge in [0.15, 0.2) is 0 Å². The zero-order valence-corrected chi connectivity index (χ0v) is 14.9.